The largest absolute Gasteiger partial charge is 0.491 e. The molecular weight excluding hydrogens is 465 g/mol. The zero-order chi connectivity index (χ0) is 18.8. The number of carbonyl (C=O) groups is 1. The molecule has 0 atom stereocenters. The van der Waals surface area contributed by atoms with E-state index in [0.717, 1.165) is 31.3 Å². The van der Waals surface area contributed by atoms with Crippen molar-refractivity contribution in [3.8, 4) is 16.9 Å². The normalized spacial score (nSPS) is 11.2. The lowest BCUT2D eigenvalue weighted by atomic mass is 10.0. The minimum atomic E-state index is -0.449. The molecule has 4 nitrogen and oxygen atoms in total. The van der Waals surface area contributed by atoms with Crippen LogP contribution in [0, 0.1) is 3.57 Å². The van der Waals surface area contributed by atoms with Crippen LogP contribution in [-0.2, 0) is 4.74 Å². The van der Waals surface area contributed by atoms with Crippen LogP contribution in [0.15, 0.2) is 36.4 Å². The number of nitrogens with one attached hydrogen (secondary N) is 1. The molecule has 2 aromatic carbocycles. The van der Waals surface area contributed by atoms with E-state index in [4.69, 9.17) is 21.1 Å². The molecule has 26 heavy (non-hydrogen) atoms. The van der Waals surface area contributed by atoms with E-state index in [-0.39, 0.29) is 11.8 Å². The summed E-state index contributed by atoms with van der Waals surface area (Å²) in [4.78, 5) is 15.2. The van der Waals surface area contributed by atoms with Gasteiger partial charge in [-0.15, -0.1) is 0 Å². The Hall–Kier alpha value is -1.73. The summed E-state index contributed by atoms with van der Waals surface area (Å²) < 4.78 is 11.9. The predicted molar refractivity (Wildman–Crippen MR) is 113 cm³/mol. The lowest BCUT2D eigenvalue weighted by molar-refractivity contribution is 0.0521. The first-order valence-electron chi connectivity index (χ1n) is 8.36. The number of rotatable bonds is 5. The summed E-state index contributed by atoms with van der Waals surface area (Å²) in [5.41, 5.74) is 3.07. The third-order valence-corrected chi connectivity index (χ3v) is 5.12. The Bertz CT molecular complexity index is 948. The zero-order valence-electron chi connectivity index (χ0n) is 14.7. The summed E-state index contributed by atoms with van der Waals surface area (Å²) >= 11 is 8.84. The van der Waals surface area contributed by atoms with E-state index < -0.39 is 5.97 Å². The van der Waals surface area contributed by atoms with Crippen LogP contribution in [0.25, 0.3) is 22.0 Å². The van der Waals surface area contributed by atoms with E-state index in [1.165, 1.54) is 0 Å². The first kappa shape index (κ1) is 19.0. The molecule has 0 aliphatic carbocycles. The highest BCUT2D eigenvalue weighted by Gasteiger charge is 2.21. The van der Waals surface area contributed by atoms with E-state index in [0.29, 0.717) is 11.6 Å². The monoisotopic (exact) mass is 483 g/mol. The second-order valence-electron chi connectivity index (χ2n) is 6.07. The molecule has 136 valence electrons. The number of carbonyl (C=O) groups excluding carboxylic acids is 1. The van der Waals surface area contributed by atoms with Crippen molar-refractivity contribution in [2.24, 2.45) is 0 Å². The standard InChI is InChI=1S/C20H19ClINO3/c1-4-25-20(24)19-18(21)17-15(23-19)10-9-14(22)16(17)12-5-7-13(8-6-12)26-11(2)3/h5-11,23H,4H2,1-3H3. The molecule has 0 spiro atoms. The van der Waals surface area contributed by atoms with Gasteiger partial charge in [0.25, 0.3) is 0 Å². The Morgan fingerprint density at radius 2 is 1.88 bits per heavy atom. The number of H-pyrrole nitrogens is 1. The van der Waals surface area contributed by atoms with Crippen LogP contribution >= 0.6 is 34.2 Å². The smallest absolute Gasteiger partial charge is 0.356 e. The molecule has 3 aromatic rings. The Balaban J connectivity index is 2.13. The Labute approximate surface area is 171 Å². The van der Waals surface area contributed by atoms with Crippen LogP contribution in [0.5, 0.6) is 5.75 Å². The second kappa shape index (κ2) is 7.88. The maximum absolute atomic E-state index is 12.2. The number of halogens is 2. The third-order valence-electron chi connectivity index (χ3n) is 3.85. The molecule has 0 radical (unpaired) electrons. The second-order valence-corrected chi connectivity index (χ2v) is 7.61. The van der Waals surface area contributed by atoms with Crippen molar-refractivity contribution in [3.05, 3.63) is 50.7 Å². The highest BCUT2D eigenvalue weighted by atomic mass is 127. The molecule has 0 aliphatic rings. The van der Waals surface area contributed by atoms with Crippen LogP contribution < -0.4 is 4.74 Å². The molecular formula is C20H19ClINO3. The van der Waals surface area contributed by atoms with E-state index in [1.807, 2.05) is 50.2 Å². The highest BCUT2D eigenvalue weighted by molar-refractivity contribution is 14.1. The van der Waals surface area contributed by atoms with Gasteiger partial charge in [0.15, 0.2) is 0 Å². The van der Waals surface area contributed by atoms with Crippen LogP contribution in [0.2, 0.25) is 5.02 Å². The molecule has 0 saturated heterocycles. The maximum atomic E-state index is 12.2. The van der Waals surface area contributed by atoms with Crippen molar-refractivity contribution in [3.63, 3.8) is 0 Å². The molecule has 1 heterocycles. The van der Waals surface area contributed by atoms with Gasteiger partial charge in [0.1, 0.15) is 11.4 Å². The predicted octanol–water partition coefficient (Wildman–Crippen LogP) is 6.06. The first-order valence-corrected chi connectivity index (χ1v) is 9.82. The van der Waals surface area contributed by atoms with E-state index in [2.05, 4.69) is 27.6 Å². The fourth-order valence-electron chi connectivity index (χ4n) is 2.82. The van der Waals surface area contributed by atoms with Crippen molar-refractivity contribution in [2.75, 3.05) is 6.61 Å². The highest BCUT2D eigenvalue weighted by Crippen LogP contribution is 2.39. The van der Waals surface area contributed by atoms with Gasteiger partial charge in [-0.2, -0.15) is 0 Å². The number of benzene rings is 2. The lowest BCUT2D eigenvalue weighted by Gasteiger charge is -2.12. The molecule has 0 saturated carbocycles. The van der Waals surface area contributed by atoms with Crippen LogP contribution in [0.4, 0.5) is 0 Å². The molecule has 3 rings (SSSR count). The molecule has 6 heteroatoms. The van der Waals surface area contributed by atoms with Gasteiger partial charge in [0.05, 0.1) is 17.7 Å². The first-order chi connectivity index (χ1) is 12.4. The van der Waals surface area contributed by atoms with Gasteiger partial charge in [0, 0.05) is 20.0 Å². The summed E-state index contributed by atoms with van der Waals surface area (Å²) in [5, 5.41) is 1.20. The minimum Gasteiger partial charge on any atom is -0.491 e. The van der Waals surface area contributed by atoms with Crippen molar-refractivity contribution >= 4 is 51.1 Å². The van der Waals surface area contributed by atoms with E-state index >= 15 is 0 Å². The molecule has 0 unspecified atom stereocenters. The maximum Gasteiger partial charge on any atom is 0.356 e. The average molecular weight is 484 g/mol. The number of hydrogen-bond acceptors (Lipinski definition) is 3. The Morgan fingerprint density at radius 1 is 1.19 bits per heavy atom. The molecule has 1 aromatic heterocycles. The number of esters is 1. The molecule has 0 aliphatic heterocycles. The molecule has 1 N–H and O–H groups in total. The number of aromatic nitrogens is 1. The molecule has 0 amide bonds. The van der Waals surface area contributed by atoms with E-state index in [9.17, 15) is 4.79 Å². The van der Waals surface area contributed by atoms with Gasteiger partial charge in [0.2, 0.25) is 0 Å². The van der Waals surface area contributed by atoms with Gasteiger partial charge in [-0.3, -0.25) is 0 Å². The number of hydrogen-bond donors (Lipinski definition) is 1. The van der Waals surface area contributed by atoms with Gasteiger partial charge < -0.3 is 14.5 Å². The van der Waals surface area contributed by atoms with Crippen LogP contribution in [0.1, 0.15) is 31.3 Å². The number of aromatic amines is 1. The third kappa shape index (κ3) is 3.69. The van der Waals surface area contributed by atoms with Gasteiger partial charge in [-0.05, 0) is 73.2 Å². The fourth-order valence-corrected chi connectivity index (χ4v) is 3.90. The van der Waals surface area contributed by atoms with Crippen molar-refractivity contribution in [2.45, 2.75) is 26.9 Å². The number of ether oxygens (including phenoxy) is 2. The Kier molecular flexibility index (Phi) is 5.77. The SMILES string of the molecule is CCOC(=O)c1[nH]c2ccc(I)c(-c3ccc(OC(C)C)cc3)c2c1Cl. The van der Waals surface area contributed by atoms with Crippen molar-refractivity contribution in [1.29, 1.82) is 0 Å². The summed E-state index contributed by atoms with van der Waals surface area (Å²) in [6.07, 6.45) is 0.121. The molecule has 0 fully saturated rings. The van der Waals surface area contributed by atoms with Gasteiger partial charge in [-0.25, -0.2) is 4.79 Å². The quantitative estimate of drug-likeness (QED) is 0.355. The molecule has 0 bridgehead atoms. The summed E-state index contributed by atoms with van der Waals surface area (Å²) in [6, 6.07) is 11.8. The zero-order valence-corrected chi connectivity index (χ0v) is 17.6. The lowest BCUT2D eigenvalue weighted by Crippen LogP contribution is -2.05. The van der Waals surface area contributed by atoms with Crippen LogP contribution in [-0.4, -0.2) is 23.7 Å². The minimum absolute atomic E-state index is 0.121. The summed E-state index contributed by atoms with van der Waals surface area (Å²) in [5.74, 6) is 0.369. The van der Waals surface area contributed by atoms with Gasteiger partial charge in [-0.1, -0.05) is 23.7 Å². The van der Waals surface area contributed by atoms with Crippen LogP contribution in [0.3, 0.4) is 0 Å². The van der Waals surface area contributed by atoms with E-state index in [1.54, 1.807) is 6.92 Å². The average Bonchev–Trinajstić information content (AvgIpc) is 2.93. The summed E-state index contributed by atoms with van der Waals surface area (Å²) in [6.45, 7) is 6.05. The topological polar surface area (TPSA) is 51.3 Å². The Morgan fingerprint density at radius 3 is 2.50 bits per heavy atom. The fraction of sp³-hybridized carbons (Fsp3) is 0.250. The summed E-state index contributed by atoms with van der Waals surface area (Å²) in [7, 11) is 0. The van der Waals surface area contributed by atoms with Crippen molar-refractivity contribution in [1.82, 2.24) is 4.98 Å². The number of fused-ring (bicyclic) bond motifs is 1. The van der Waals surface area contributed by atoms with Gasteiger partial charge >= 0.3 is 5.97 Å². The van der Waals surface area contributed by atoms with Crippen molar-refractivity contribution < 1.29 is 14.3 Å².